The Hall–Kier alpha value is -2.63. The first-order valence-corrected chi connectivity index (χ1v) is 8.39. The maximum Gasteiger partial charge on any atom is 0.279 e. The molecule has 1 N–H and O–H groups in total. The van der Waals surface area contributed by atoms with Crippen molar-refractivity contribution in [3.8, 4) is 17.2 Å². The zero-order valence-corrected chi connectivity index (χ0v) is 15.7. The molecule has 7 heteroatoms. The summed E-state index contributed by atoms with van der Waals surface area (Å²) in [5.74, 6) is 1.18. The van der Waals surface area contributed by atoms with E-state index in [0.29, 0.717) is 37.8 Å². The number of H-pyrrole nitrogens is 1. The van der Waals surface area contributed by atoms with E-state index in [1.807, 2.05) is 6.07 Å². The fourth-order valence-corrected chi connectivity index (χ4v) is 3.08. The second-order valence-electron chi connectivity index (χ2n) is 5.50. The van der Waals surface area contributed by atoms with Crippen LogP contribution in [0.2, 0.25) is 10.0 Å². The molecule has 0 amide bonds. The number of rotatable bonds is 4. The standard InChI is InChI=1S/C19H16Cl2N2O3/c1-11-14(8-12-4-7-17(25-2)18(9-12)26-3)19(24)23(22-11)16-6-5-13(20)10-15(16)21/h4-10,22H,1H2,2-3H3/b14-8-. The van der Waals surface area contributed by atoms with E-state index in [9.17, 15) is 4.79 Å². The van der Waals surface area contributed by atoms with Gasteiger partial charge in [-0.25, -0.2) is 4.68 Å². The minimum absolute atomic E-state index is 0.269. The lowest BCUT2D eigenvalue weighted by Gasteiger charge is -2.07. The van der Waals surface area contributed by atoms with E-state index in [1.54, 1.807) is 50.6 Å². The fourth-order valence-electron chi connectivity index (χ4n) is 2.59. The Kier molecular flexibility index (Phi) is 5.11. The molecule has 0 atom stereocenters. The van der Waals surface area contributed by atoms with Crippen molar-refractivity contribution >= 4 is 35.9 Å². The first kappa shape index (κ1) is 18.2. The van der Waals surface area contributed by atoms with Crippen LogP contribution in [-0.4, -0.2) is 24.0 Å². The second-order valence-corrected chi connectivity index (χ2v) is 6.34. The third-order valence-corrected chi connectivity index (χ3v) is 4.41. The van der Waals surface area contributed by atoms with Crippen LogP contribution in [0, 0.1) is 0 Å². The Balaban J connectivity index is 2.16. The van der Waals surface area contributed by atoms with Crippen LogP contribution in [0.25, 0.3) is 18.3 Å². The molecule has 0 saturated heterocycles. The van der Waals surface area contributed by atoms with Crippen molar-refractivity contribution in [3.63, 3.8) is 0 Å². The molecule has 0 aliphatic rings. The van der Waals surface area contributed by atoms with Crippen LogP contribution < -0.4 is 25.6 Å². The molecule has 0 aliphatic carbocycles. The highest BCUT2D eigenvalue weighted by atomic mass is 35.5. The van der Waals surface area contributed by atoms with Crippen LogP contribution in [0.15, 0.2) is 41.2 Å². The van der Waals surface area contributed by atoms with Crippen molar-refractivity contribution in [1.82, 2.24) is 9.78 Å². The molecule has 134 valence electrons. The molecular formula is C19H16Cl2N2O3. The number of hydrogen-bond donors (Lipinski definition) is 1. The lowest BCUT2D eigenvalue weighted by Crippen LogP contribution is -2.34. The Morgan fingerprint density at radius 2 is 1.81 bits per heavy atom. The molecule has 0 radical (unpaired) electrons. The number of methoxy groups -OCH3 is 2. The van der Waals surface area contributed by atoms with E-state index in [2.05, 4.69) is 11.7 Å². The van der Waals surface area contributed by atoms with Gasteiger partial charge in [0.15, 0.2) is 11.5 Å². The fraction of sp³-hybridized carbons (Fsp3) is 0.105. The average Bonchev–Trinajstić information content (AvgIpc) is 2.89. The normalized spacial score (nSPS) is 11.6. The highest BCUT2D eigenvalue weighted by Crippen LogP contribution is 2.27. The van der Waals surface area contributed by atoms with Crippen molar-refractivity contribution < 1.29 is 9.47 Å². The van der Waals surface area contributed by atoms with Gasteiger partial charge < -0.3 is 9.47 Å². The van der Waals surface area contributed by atoms with E-state index in [0.717, 1.165) is 5.56 Å². The Labute approximate surface area is 159 Å². The largest absolute Gasteiger partial charge is 0.493 e. The lowest BCUT2D eigenvalue weighted by atomic mass is 10.1. The topological polar surface area (TPSA) is 56.2 Å². The summed E-state index contributed by atoms with van der Waals surface area (Å²) in [6.45, 7) is 3.91. The van der Waals surface area contributed by atoms with E-state index >= 15 is 0 Å². The van der Waals surface area contributed by atoms with Crippen LogP contribution in [0.5, 0.6) is 11.5 Å². The van der Waals surface area contributed by atoms with Crippen LogP contribution in [-0.2, 0) is 0 Å². The minimum Gasteiger partial charge on any atom is -0.493 e. The van der Waals surface area contributed by atoms with Gasteiger partial charge in [0.05, 0.1) is 35.5 Å². The van der Waals surface area contributed by atoms with Crippen molar-refractivity contribution in [2.24, 2.45) is 0 Å². The monoisotopic (exact) mass is 390 g/mol. The highest BCUT2D eigenvalue weighted by molar-refractivity contribution is 6.35. The summed E-state index contributed by atoms with van der Waals surface area (Å²) in [5, 5.41) is 4.68. The highest BCUT2D eigenvalue weighted by Gasteiger charge is 2.10. The number of benzene rings is 2. The maximum atomic E-state index is 12.8. The summed E-state index contributed by atoms with van der Waals surface area (Å²) in [6, 6.07) is 10.3. The van der Waals surface area contributed by atoms with Crippen molar-refractivity contribution in [3.05, 3.63) is 72.9 Å². The smallest absolute Gasteiger partial charge is 0.279 e. The van der Waals surface area contributed by atoms with Crippen LogP contribution >= 0.6 is 23.2 Å². The number of nitrogens with zero attached hydrogens (tertiary/aromatic N) is 1. The van der Waals surface area contributed by atoms with Crippen molar-refractivity contribution in [1.29, 1.82) is 0 Å². The Morgan fingerprint density at radius 1 is 1.08 bits per heavy atom. The quantitative estimate of drug-likeness (QED) is 0.744. The van der Waals surface area contributed by atoms with E-state index < -0.39 is 0 Å². The zero-order valence-electron chi connectivity index (χ0n) is 14.2. The number of aromatic amines is 1. The predicted molar refractivity (Wildman–Crippen MR) is 104 cm³/mol. The van der Waals surface area contributed by atoms with Gasteiger partial charge in [0.1, 0.15) is 0 Å². The summed E-state index contributed by atoms with van der Waals surface area (Å²) in [5.41, 5.74) is 1.00. The lowest BCUT2D eigenvalue weighted by molar-refractivity contribution is 0.355. The number of aromatic nitrogens is 2. The predicted octanol–water partition coefficient (Wildman–Crippen LogP) is 2.73. The van der Waals surface area contributed by atoms with Gasteiger partial charge in [-0.3, -0.25) is 9.89 Å². The zero-order chi connectivity index (χ0) is 18.8. The summed E-state index contributed by atoms with van der Waals surface area (Å²) >= 11 is 12.1. The number of nitrogens with one attached hydrogen (secondary N) is 1. The number of hydrogen-bond acceptors (Lipinski definition) is 3. The SMILES string of the molecule is C=c1[nH]n(-c2ccc(Cl)cc2Cl)c(=O)/c1=C\c1ccc(OC)c(OC)c1. The van der Waals surface area contributed by atoms with Gasteiger partial charge in [0.2, 0.25) is 0 Å². The molecule has 0 bridgehead atoms. The molecule has 0 spiro atoms. The average molecular weight is 391 g/mol. The molecule has 2 aromatic carbocycles. The van der Waals surface area contributed by atoms with Gasteiger partial charge in [-0.05, 0) is 42.0 Å². The Morgan fingerprint density at radius 3 is 2.46 bits per heavy atom. The molecule has 0 unspecified atom stereocenters. The molecule has 0 saturated carbocycles. The summed E-state index contributed by atoms with van der Waals surface area (Å²) in [4.78, 5) is 12.8. The first-order chi connectivity index (χ1) is 12.4. The second kappa shape index (κ2) is 7.32. The maximum absolute atomic E-state index is 12.8. The van der Waals surface area contributed by atoms with Gasteiger partial charge in [0, 0.05) is 5.02 Å². The van der Waals surface area contributed by atoms with Crippen LogP contribution in [0.4, 0.5) is 0 Å². The molecule has 0 fully saturated rings. The number of halogens is 2. The molecule has 1 heterocycles. The van der Waals surface area contributed by atoms with Gasteiger partial charge in [-0.15, -0.1) is 0 Å². The van der Waals surface area contributed by atoms with E-state index in [1.165, 1.54) is 4.68 Å². The van der Waals surface area contributed by atoms with Gasteiger partial charge >= 0.3 is 0 Å². The third-order valence-electron chi connectivity index (χ3n) is 3.87. The van der Waals surface area contributed by atoms with E-state index in [-0.39, 0.29) is 5.56 Å². The molecule has 1 aromatic heterocycles. The Bertz CT molecular complexity index is 1130. The molecule has 3 rings (SSSR count). The molecule has 26 heavy (non-hydrogen) atoms. The van der Waals surface area contributed by atoms with Crippen molar-refractivity contribution in [2.45, 2.75) is 0 Å². The van der Waals surface area contributed by atoms with Gasteiger partial charge in [0.25, 0.3) is 5.56 Å². The first-order valence-electron chi connectivity index (χ1n) is 7.63. The van der Waals surface area contributed by atoms with Gasteiger partial charge in [-0.1, -0.05) is 35.8 Å². The summed E-state index contributed by atoms with van der Waals surface area (Å²) in [7, 11) is 3.12. The van der Waals surface area contributed by atoms with Gasteiger partial charge in [-0.2, -0.15) is 0 Å². The third kappa shape index (κ3) is 3.36. The molecule has 3 aromatic rings. The summed E-state index contributed by atoms with van der Waals surface area (Å²) in [6.07, 6.45) is 1.73. The molecule has 0 aliphatic heterocycles. The number of ether oxygens (including phenoxy) is 2. The van der Waals surface area contributed by atoms with E-state index in [4.69, 9.17) is 32.7 Å². The summed E-state index contributed by atoms with van der Waals surface area (Å²) < 4.78 is 11.9. The van der Waals surface area contributed by atoms with Crippen LogP contribution in [0.3, 0.4) is 0 Å². The molecule has 5 nitrogen and oxygen atoms in total. The van der Waals surface area contributed by atoms with Crippen LogP contribution in [0.1, 0.15) is 5.56 Å². The minimum atomic E-state index is -0.269. The van der Waals surface area contributed by atoms with Crippen molar-refractivity contribution in [2.75, 3.05) is 14.2 Å². The molecular weight excluding hydrogens is 375 g/mol.